The summed E-state index contributed by atoms with van der Waals surface area (Å²) in [6.07, 6.45) is 5.21. The average Bonchev–Trinajstić information content (AvgIpc) is 3.28. The number of hydrogen-bond acceptors (Lipinski definition) is 2. The molecule has 0 spiro atoms. The van der Waals surface area contributed by atoms with E-state index in [1.165, 1.54) is 43.4 Å². The van der Waals surface area contributed by atoms with Crippen LogP contribution >= 0.6 is 0 Å². The van der Waals surface area contributed by atoms with Crippen LogP contribution in [0.3, 0.4) is 0 Å². The van der Waals surface area contributed by atoms with Crippen LogP contribution in [0.1, 0.15) is 57.2 Å². The van der Waals surface area contributed by atoms with Crippen LogP contribution < -0.4 is 5.32 Å². The van der Waals surface area contributed by atoms with Crippen molar-refractivity contribution in [2.45, 2.75) is 58.5 Å². The third kappa shape index (κ3) is 5.12. The summed E-state index contributed by atoms with van der Waals surface area (Å²) in [4.78, 5) is 2.67. The maximum atomic E-state index is 3.51. The fraction of sp³-hybridized carbons (Fsp3) is 0.684. The van der Waals surface area contributed by atoms with Gasteiger partial charge in [0.1, 0.15) is 0 Å². The Hall–Kier alpha value is -0.860. The molecule has 0 radical (unpaired) electrons. The van der Waals surface area contributed by atoms with Crippen LogP contribution in [0.25, 0.3) is 0 Å². The summed E-state index contributed by atoms with van der Waals surface area (Å²) in [5.74, 6) is 0.728. The standard InChI is InChI=1S/C19H32N2/c1-5-12-21(18-10-11-18)14-19(20-4)17-8-6-16(7-9-17)13-15(2)3/h6-9,15,18-20H,5,10-14H2,1-4H3. The molecule has 1 aromatic carbocycles. The molecule has 1 atom stereocenters. The Morgan fingerprint density at radius 1 is 1.19 bits per heavy atom. The topological polar surface area (TPSA) is 15.3 Å². The lowest BCUT2D eigenvalue weighted by Gasteiger charge is -2.27. The first kappa shape index (κ1) is 16.5. The quantitative estimate of drug-likeness (QED) is 0.738. The highest BCUT2D eigenvalue weighted by Gasteiger charge is 2.29. The van der Waals surface area contributed by atoms with Gasteiger partial charge in [-0.15, -0.1) is 0 Å². The van der Waals surface area contributed by atoms with Gasteiger partial charge in [-0.05, 0) is 56.3 Å². The first-order valence-corrected chi connectivity index (χ1v) is 8.64. The summed E-state index contributed by atoms with van der Waals surface area (Å²) in [6, 6.07) is 10.5. The molecule has 1 saturated carbocycles. The highest BCUT2D eigenvalue weighted by atomic mass is 15.2. The fourth-order valence-electron chi connectivity index (χ4n) is 3.11. The van der Waals surface area contributed by atoms with Gasteiger partial charge < -0.3 is 5.32 Å². The second-order valence-corrected chi connectivity index (χ2v) is 6.91. The molecule has 1 aromatic rings. The zero-order valence-electron chi connectivity index (χ0n) is 14.2. The zero-order chi connectivity index (χ0) is 15.2. The van der Waals surface area contributed by atoms with E-state index < -0.39 is 0 Å². The average molecular weight is 288 g/mol. The van der Waals surface area contributed by atoms with Gasteiger partial charge in [0.25, 0.3) is 0 Å². The molecule has 1 unspecified atom stereocenters. The first-order chi connectivity index (χ1) is 10.1. The molecule has 118 valence electrons. The minimum Gasteiger partial charge on any atom is -0.312 e. The minimum absolute atomic E-state index is 0.449. The molecule has 0 amide bonds. The zero-order valence-corrected chi connectivity index (χ0v) is 14.2. The van der Waals surface area contributed by atoms with Gasteiger partial charge in [-0.1, -0.05) is 45.0 Å². The number of benzene rings is 1. The first-order valence-electron chi connectivity index (χ1n) is 8.64. The molecule has 1 N–H and O–H groups in total. The van der Waals surface area contributed by atoms with E-state index in [1.807, 2.05) is 0 Å². The maximum absolute atomic E-state index is 3.51. The second-order valence-electron chi connectivity index (χ2n) is 6.91. The summed E-state index contributed by atoms with van der Waals surface area (Å²) in [5.41, 5.74) is 2.88. The number of rotatable bonds is 9. The minimum atomic E-state index is 0.449. The van der Waals surface area contributed by atoms with Crippen molar-refractivity contribution in [2.75, 3.05) is 20.1 Å². The van der Waals surface area contributed by atoms with Crippen molar-refractivity contribution in [1.82, 2.24) is 10.2 Å². The van der Waals surface area contributed by atoms with E-state index in [4.69, 9.17) is 0 Å². The summed E-state index contributed by atoms with van der Waals surface area (Å²) < 4.78 is 0. The monoisotopic (exact) mass is 288 g/mol. The van der Waals surface area contributed by atoms with Crippen molar-refractivity contribution in [3.63, 3.8) is 0 Å². The van der Waals surface area contributed by atoms with Gasteiger partial charge in [0, 0.05) is 18.6 Å². The van der Waals surface area contributed by atoms with Gasteiger partial charge >= 0.3 is 0 Å². The SMILES string of the molecule is CCCN(CC(NC)c1ccc(CC(C)C)cc1)C1CC1. The van der Waals surface area contributed by atoms with Crippen molar-refractivity contribution < 1.29 is 0 Å². The van der Waals surface area contributed by atoms with Crippen LogP contribution in [0.5, 0.6) is 0 Å². The summed E-state index contributed by atoms with van der Waals surface area (Å²) in [5, 5.41) is 3.51. The third-order valence-electron chi connectivity index (χ3n) is 4.37. The molecular weight excluding hydrogens is 256 g/mol. The lowest BCUT2D eigenvalue weighted by molar-refractivity contribution is 0.237. The molecule has 2 rings (SSSR count). The Bertz CT molecular complexity index is 406. The van der Waals surface area contributed by atoms with E-state index in [2.05, 4.69) is 62.3 Å². The van der Waals surface area contributed by atoms with Gasteiger partial charge in [-0.2, -0.15) is 0 Å². The largest absolute Gasteiger partial charge is 0.312 e. The Morgan fingerprint density at radius 3 is 2.33 bits per heavy atom. The van der Waals surface area contributed by atoms with E-state index in [9.17, 15) is 0 Å². The Balaban J connectivity index is 1.99. The van der Waals surface area contributed by atoms with Crippen LogP contribution in [-0.2, 0) is 6.42 Å². The highest BCUT2D eigenvalue weighted by molar-refractivity contribution is 5.25. The van der Waals surface area contributed by atoms with E-state index in [0.717, 1.165) is 18.5 Å². The van der Waals surface area contributed by atoms with E-state index in [-0.39, 0.29) is 0 Å². The summed E-state index contributed by atoms with van der Waals surface area (Å²) in [7, 11) is 2.09. The molecule has 1 aliphatic carbocycles. The third-order valence-corrected chi connectivity index (χ3v) is 4.37. The van der Waals surface area contributed by atoms with E-state index >= 15 is 0 Å². The lowest BCUT2D eigenvalue weighted by atomic mass is 9.99. The predicted octanol–water partition coefficient (Wildman–Crippen LogP) is 4.02. The molecule has 0 aliphatic heterocycles. The van der Waals surface area contributed by atoms with Crippen molar-refractivity contribution in [3.05, 3.63) is 35.4 Å². The molecular formula is C19H32N2. The van der Waals surface area contributed by atoms with Crippen LogP contribution in [-0.4, -0.2) is 31.1 Å². The molecule has 21 heavy (non-hydrogen) atoms. The summed E-state index contributed by atoms with van der Waals surface area (Å²) >= 11 is 0. The van der Waals surface area contributed by atoms with Gasteiger partial charge in [0.05, 0.1) is 0 Å². The molecule has 0 aromatic heterocycles. The van der Waals surface area contributed by atoms with Crippen LogP contribution in [0.2, 0.25) is 0 Å². The number of hydrogen-bond donors (Lipinski definition) is 1. The van der Waals surface area contributed by atoms with Crippen LogP contribution in [0.4, 0.5) is 0 Å². The molecule has 0 bridgehead atoms. The number of likely N-dealkylation sites (N-methyl/N-ethyl adjacent to an activating group) is 1. The number of nitrogens with one attached hydrogen (secondary N) is 1. The highest BCUT2D eigenvalue weighted by Crippen LogP contribution is 2.29. The molecule has 0 heterocycles. The normalized spacial score (nSPS) is 16.7. The fourth-order valence-corrected chi connectivity index (χ4v) is 3.11. The predicted molar refractivity (Wildman–Crippen MR) is 91.7 cm³/mol. The number of nitrogens with zero attached hydrogens (tertiary/aromatic N) is 1. The van der Waals surface area contributed by atoms with Crippen LogP contribution in [0.15, 0.2) is 24.3 Å². The van der Waals surface area contributed by atoms with Gasteiger partial charge in [0.2, 0.25) is 0 Å². The Morgan fingerprint density at radius 2 is 1.86 bits per heavy atom. The van der Waals surface area contributed by atoms with Gasteiger partial charge in [-0.3, -0.25) is 4.90 Å². The Labute approximate surface area is 130 Å². The van der Waals surface area contributed by atoms with Gasteiger partial charge in [-0.25, -0.2) is 0 Å². The van der Waals surface area contributed by atoms with Crippen molar-refractivity contribution in [1.29, 1.82) is 0 Å². The lowest BCUT2D eigenvalue weighted by Crippen LogP contribution is -2.35. The molecule has 2 heteroatoms. The van der Waals surface area contributed by atoms with Crippen molar-refractivity contribution >= 4 is 0 Å². The van der Waals surface area contributed by atoms with Gasteiger partial charge in [0.15, 0.2) is 0 Å². The second kappa shape index (κ2) is 7.95. The maximum Gasteiger partial charge on any atom is 0.0446 e. The van der Waals surface area contributed by atoms with Crippen molar-refractivity contribution in [3.8, 4) is 0 Å². The molecule has 0 saturated heterocycles. The van der Waals surface area contributed by atoms with E-state index in [0.29, 0.717) is 6.04 Å². The van der Waals surface area contributed by atoms with Crippen molar-refractivity contribution in [2.24, 2.45) is 5.92 Å². The van der Waals surface area contributed by atoms with E-state index in [1.54, 1.807) is 0 Å². The smallest absolute Gasteiger partial charge is 0.0446 e. The molecule has 1 fully saturated rings. The molecule has 1 aliphatic rings. The molecule has 2 nitrogen and oxygen atoms in total. The summed E-state index contributed by atoms with van der Waals surface area (Å²) in [6.45, 7) is 9.21. The Kier molecular flexibility index (Phi) is 6.25. The van der Waals surface area contributed by atoms with Crippen LogP contribution in [0, 0.1) is 5.92 Å².